The average Bonchev–Trinajstić information content (AvgIpc) is 2.95. The lowest BCUT2D eigenvalue weighted by atomic mass is 10.3. The Morgan fingerprint density at radius 1 is 1.36 bits per heavy atom. The molecule has 116 valence electrons. The van der Waals surface area contributed by atoms with Gasteiger partial charge in [-0.25, -0.2) is 8.78 Å². The molecule has 0 atom stereocenters. The van der Waals surface area contributed by atoms with Crippen LogP contribution in [0.25, 0.3) is 0 Å². The van der Waals surface area contributed by atoms with Gasteiger partial charge in [0.05, 0.1) is 5.75 Å². The van der Waals surface area contributed by atoms with Gasteiger partial charge in [0.1, 0.15) is 0 Å². The number of carbonyl (C=O) groups excluding carboxylic acids is 1. The maximum atomic E-state index is 13.0. The van der Waals surface area contributed by atoms with Crippen molar-refractivity contribution in [3.8, 4) is 0 Å². The molecule has 0 bridgehead atoms. The van der Waals surface area contributed by atoms with Crippen LogP contribution in [0.5, 0.6) is 0 Å². The number of nitrogens with zero attached hydrogens (tertiary/aromatic N) is 2. The third-order valence-corrected chi connectivity index (χ3v) is 4.35. The SMILES string of the molecule is C=CCNc1nnc(SCC(=O)Nc2ccc(F)c(F)c2)s1. The lowest BCUT2D eigenvalue weighted by Crippen LogP contribution is -2.14. The van der Waals surface area contributed by atoms with Crippen LogP contribution in [0.4, 0.5) is 19.6 Å². The lowest BCUT2D eigenvalue weighted by molar-refractivity contribution is -0.113. The molecule has 9 heteroatoms. The van der Waals surface area contributed by atoms with Gasteiger partial charge in [0.15, 0.2) is 16.0 Å². The van der Waals surface area contributed by atoms with E-state index in [2.05, 4.69) is 27.4 Å². The molecule has 5 nitrogen and oxygen atoms in total. The highest BCUT2D eigenvalue weighted by Gasteiger charge is 2.09. The molecular formula is C13H12F2N4OS2. The van der Waals surface area contributed by atoms with E-state index in [-0.39, 0.29) is 17.3 Å². The first-order valence-corrected chi connectivity index (χ1v) is 7.94. The van der Waals surface area contributed by atoms with Crippen molar-refractivity contribution in [3.05, 3.63) is 42.5 Å². The quantitative estimate of drug-likeness (QED) is 0.598. The van der Waals surface area contributed by atoms with Gasteiger partial charge < -0.3 is 10.6 Å². The van der Waals surface area contributed by atoms with Crippen molar-refractivity contribution >= 4 is 39.8 Å². The number of benzene rings is 1. The number of nitrogens with one attached hydrogen (secondary N) is 2. The molecule has 0 aliphatic heterocycles. The molecule has 1 heterocycles. The number of hydrogen-bond donors (Lipinski definition) is 2. The predicted octanol–water partition coefficient (Wildman–Crippen LogP) is 3.15. The van der Waals surface area contributed by atoms with Gasteiger partial charge in [-0.2, -0.15) is 0 Å². The Hall–Kier alpha value is -2.00. The number of hydrogen-bond acceptors (Lipinski definition) is 6. The molecule has 2 rings (SSSR count). The fourth-order valence-corrected chi connectivity index (χ4v) is 2.96. The first-order valence-electron chi connectivity index (χ1n) is 6.14. The third kappa shape index (κ3) is 4.78. The zero-order chi connectivity index (χ0) is 15.9. The predicted molar refractivity (Wildman–Crippen MR) is 84.3 cm³/mol. The minimum absolute atomic E-state index is 0.0923. The van der Waals surface area contributed by atoms with Crippen molar-refractivity contribution in [2.75, 3.05) is 22.9 Å². The molecule has 2 aromatic rings. The van der Waals surface area contributed by atoms with E-state index >= 15 is 0 Å². The second-order valence-electron chi connectivity index (χ2n) is 4.01. The van der Waals surface area contributed by atoms with Crippen molar-refractivity contribution < 1.29 is 13.6 Å². The van der Waals surface area contributed by atoms with Gasteiger partial charge in [-0.1, -0.05) is 29.2 Å². The van der Waals surface area contributed by atoms with Crippen molar-refractivity contribution in [2.24, 2.45) is 0 Å². The van der Waals surface area contributed by atoms with Gasteiger partial charge in [-0.05, 0) is 12.1 Å². The Morgan fingerprint density at radius 3 is 2.91 bits per heavy atom. The fraction of sp³-hybridized carbons (Fsp3) is 0.154. The molecule has 0 radical (unpaired) electrons. The third-order valence-electron chi connectivity index (χ3n) is 2.33. The number of aromatic nitrogens is 2. The number of rotatable bonds is 7. The van der Waals surface area contributed by atoms with E-state index in [1.807, 2.05) is 0 Å². The number of halogens is 2. The second-order valence-corrected chi connectivity index (χ2v) is 6.21. The largest absolute Gasteiger partial charge is 0.357 e. The fourth-order valence-electron chi connectivity index (χ4n) is 1.40. The van der Waals surface area contributed by atoms with Crippen LogP contribution in [0.1, 0.15) is 0 Å². The van der Waals surface area contributed by atoms with Crippen molar-refractivity contribution in [1.29, 1.82) is 0 Å². The maximum Gasteiger partial charge on any atom is 0.234 e. The Bertz CT molecular complexity index is 678. The van der Waals surface area contributed by atoms with E-state index in [0.717, 1.165) is 12.1 Å². The van der Waals surface area contributed by atoms with Crippen molar-refractivity contribution in [3.63, 3.8) is 0 Å². The smallest absolute Gasteiger partial charge is 0.234 e. The minimum Gasteiger partial charge on any atom is -0.357 e. The van der Waals surface area contributed by atoms with Crippen LogP contribution in [-0.4, -0.2) is 28.4 Å². The molecule has 0 aliphatic rings. The molecule has 0 aliphatic carbocycles. The summed E-state index contributed by atoms with van der Waals surface area (Å²) in [5, 5.41) is 13.9. The first-order chi connectivity index (χ1) is 10.6. The van der Waals surface area contributed by atoms with Gasteiger partial charge in [-0.3, -0.25) is 4.79 Å². The normalized spacial score (nSPS) is 10.3. The molecule has 0 spiro atoms. The zero-order valence-electron chi connectivity index (χ0n) is 11.3. The average molecular weight is 342 g/mol. The Balaban J connectivity index is 1.83. The van der Waals surface area contributed by atoms with E-state index in [0.29, 0.717) is 16.0 Å². The summed E-state index contributed by atoms with van der Waals surface area (Å²) >= 11 is 2.53. The van der Waals surface area contributed by atoms with Crippen LogP contribution in [-0.2, 0) is 4.79 Å². The van der Waals surface area contributed by atoms with Gasteiger partial charge in [0, 0.05) is 18.3 Å². The van der Waals surface area contributed by atoms with E-state index in [9.17, 15) is 13.6 Å². The molecule has 0 saturated heterocycles. The highest BCUT2D eigenvalue weighted by Crippen LogP contribution is 2.25. The van der Waals surface area contributed by atoms with E-state index in [1.165, 1.54) is 29.2 Å². The molecular weight excluding hydrogens is 330 g/mol. The number of amides is 1. The van der Waals surface area contributed by atoms with Gasteiger partial charge in [0.2, 0.25) is 11.0 Å². The van der Waals surface area contributed by atoms with Crippen molar-refractivity contribution in [2.45, 2.75) is 4.34 Å². The summed E-state index contributed by atoms with van der Waals surface area (Å²) in [4.78, 5) is 11.7. The molecule has 0 unspecified atom stereocenters. The Labute approximate surface area is 133 Å². The van der Waals surface area contributed by atoms with Crippen molar-refractivity contribution in [1.82, 2.24) is 10.2 Å². The Kier molecular flexibility index (Phi) is 5.84. The number of thioether (sulfide) groups is 1. The van der Waals surface area contributed by atoms with Crippen LogP contribution < -0.4 is 10.6 Å². The number of anilines is 2. The van der Waals surface area contributed by atoms with E-state index in [1.54, 1.807) is 6.08 Å². The summed E-state index contributed by atoms with van der Waals surface area (Å²) in [6, 6.07) is 3.18. The van der Waals surface area contributed by atoms with Crippen LogP contribution in [0.15, 0.2) is 35.2 Å². The molecule has 1 amide bonds. The molecule has 1 aromatic carbocycles. The molecule has 2 N–H and O–H groups in total. The highest BCUT2D eigenvalue weighted by molar-refractivity contribution is 8.01. The summed E-state index contributed by atoms with van der Waals surface area (Å²) in [6.07, 6.45) is 1.70. The summed E-state index contributed by atoms with van der Waals surface area (Å²) in [6.45, 7) is 4.16. The molecule has 1 aromatic heterocycles. The second kappa shape index (κ2) is 7.85. The highest BCUT2D eigenvalue weighted by atomic mass is 32.2. The van der Waals surface area contributed by atoms with Crippen LogP contribution in [0.2, 0.25) is 0 Å². The van der Waals surface area contributed by atoms with Crippen LogP contribution >= 0.6 is 23.1 Å². The van der Waals surface area contributed by atoms with Gasteiger partial charge in [0.25, 0.3) is 0 Å². The van der Waals surface area contributed by atoms with E-state index < -0.39 is 11.6 Å². The van der Waals surface area contributed by atoms with Gasteiger partial charge in [-0.15, -0.1) is 16.8 Å². The van der Waals surface area contributed by atoms with Crippen LogP contribution in [0, 0.1) is 11.6 Å². The maximum absolute atomic E-state index is 13.0. The summed E-state index contributed by atoms with van der Waals surface area (Å²) in [7, 11) is 0. The minimum atomic E-state index is -1.01. The monoisotopic (exact) mass is 342 g/mol. The molecule has 0 fully saturated rings. The topological polar surface area (TPSA) is 66.9 Å². The zero-order valence-corrected chi connectivity index (χ0v) is 12.9. The lowest BCUT2D eigenvalue weighted by Gasteiger charge is -2.04. The number of carbonyl (C=O) groups is 1. The summed E-state index contributed by atoms with van der Waals surface area (Å²) in [5.41, 5.74) is 0.204. The van der Waals surface area contributed by atoms with Crippen LogP contribution in [0.3, 0.4) is 0 Å². The standard InChI is InChI=1S/C13H12F2N4OS2/c1-2-5-16-12-18-19-13(22-12)21-7-11(20)17-8-3-4-9(14)10(15)6-8/h2-4,6H,1,5,7H2,(H,16,18)(H,17,20). The molecule has 22 heavy (non-hydrogen) atoms. The van der Waals surface area contributed by atoms with E-state index in [4.69, 9.17) is 0 Å². The summed E-state index contributed by atoms with van der Waals surface area (Å²) in [5.74, 6) is -2.21. The first kappa shape index (κ1) is 16.4. The summed E-state index contributed by atoms with van der Waals surface area (Å²) < 4.78 is 26.4. The van der Waals surface area contributed by atoms with Gasteiger partial charge >= 0.3 is 0 Å². The molecule has 0 saturated carbocycles. The Morgan fingerprint density at radius 2 is 2.18 bits per heavy atom.